The van der Waals surface area contributed by atoms with E-state index in [2.05, 4.69) is 4.74 Å². The second-order valence-corrected chi connectivity index (χ2v) is 9.92. The molecule has 0 saturated carbocycles. The van der Waals surface area contributed by atoms with Crippen LogP contribution < -0.4 is 9.47 Å². The van der Waals surface area contributed by atoms with E-state index in [0.29, 0.717) is 25.2 Å². The van der Waals surface area contributed by atoms with Crippen molar-refractivity contribution in [1.82, 2.24) is 0 Å². The molecule has 0 bridgehead atoms. The molecule has 0 aliphatic heterocycles. The molecular weight excluding hydrogens is 497 g/mol. The molecule has 3 aromatic carbocycles. The van der Waals surface area contributed by atoms with Crippen molar-refractivity contribution in [2.75, 3.05) is 0 Å². The van der Waals surface area contributed by atoms with E-state index >= 15 is 0 Å². The molecule has 1 unspecified atom stereocenters. The minimum atomic E-state index is -4.76. The highest BCUT2D eigenvalue weighted by Gasteiger charge is 2.31. The first-order chi connectivity index (χ1) is 17.7. The zero-order valence-electron chi connectivity index (χ0n) is 22.2. The molecule has 204 valence electrons. The number of carbonyl (C=O) groups is 1. The molecule has 3 aromatic rings. The lowest BCUT2D eigenvalue weighted by Crippen LogP contribution is -2.38. The van der Waals surface area contributed by atoms with Crippen LogP contribution in [0.2, 0.25) is 0 Å². The van der Waals surface area contributed by atoms with Gasteiger partial charge in [-0.2, -0.15) is 0 Å². The highest BCUT2D eigenvalue weighted by molar-refractivity contribution is 5.77. The van der Waals surface area contributed by atoms with Gasteiger partial charge in [-0.3, -0.25) is 0 Å². The number of hydrogen-bond acceptors (Lipinski definition) is 4. The number of carboxylic acids is 1. The minimum absolute atomic E-state index is 0.287. The fraction of sp³-hybridized carbons (Fsp3) is 0.367. The van der Waals surface area contributed by atoms with Gasteiger partial charge in [-0.15, -0.1) is 13.2 Å². The van der Waals surface area contributed by atoms with Crippen LogP contribution in [0.15, 0.2) is 60.7 Å². The fourth-order valence-corrected chi connectivity index (χ4v) is 4.05. The van der Waals surface area contributed by atoms with Gasteiger partial charge in [-0.1, -0.05) is 54.1 Å². The van der Waals surface area contributed by atoms with Gasteiger partial charge in [0, 0.05) is 0 Å². The summed E-state index contributed by atoms with van der Waals surface area (Å²) in [5.41, 5.74) is 4.15. The minimum Gasteiger partial charge on any atom is -0.478 e. The van der Waals surface area contributed by atoms with Crippen molar-refractivity contribution < 1.29 is 37.3 Å². The Morgan fingerprint density at radius 1 is 0.868 bits per heavy atom. The van der Waals surface area contributed by atoms with Crippen molar-refractivity contribution in [2.45, 2.75) is 72.1 Å². The Balaban J connectivity index is 1.78. The first-order valence-corrected chi connectivity index (χ1v) is 12.3. The molecule has 0 aromatic heterocycles. The molecule has 1 atom stereocenters. The monoisotopic (exact) mass is 530 g/mol. The van der Waals surface area contributed by atoms with Crippen LogP contribution in [-0.4, -0.2) is 23.0 Å². The maximum Gasteiger partial charge on any atom is 0.573 e. The maximum atomic E-state index is 12.6. The number of aryl methyl sites for hydroxylation is 4. The van der Waals surface area contributed by atoms with Gasteiger partial charge < -0.3 is 19.3 Å². The number of hydrogen-bond donors (Lipinski definition) is 1. The highest BCUT2D eigenvalue weighted by atomic mass is 19.4. The first-order valence-electron chi connectivity index (χ1n) is 12.3. The predicted molar refractivity (Wildman–Crippen MR) is 138 cm³/mol. The average Bonchev–Trinajstić information content (AvgIpc) is 2.82. The molecule has 1 N–H and O–H groups in total. The summed E-state index contributed by atoms with van der Waals surface area (Å²) in [4.78, 5) is 11.5. The second kappa shape index (κ2) is 11.9. The Labute approximate surface area is 221 Å². The van der Waals surface area contributed by atoms with E-state index < -0.39 is 17.9 Å². The molecule has 0 heterocycles. The Kier molecular flexibility index (Phi) is 9.09. The number of alkyl halides is 3. The third-order valence-corrected chi connectivity index (χ3v) is 6.14. The summed E-state index contributed by atoms with van der Waals surface area (Å²) in [5.74, 6) is -0.807. The van der Waals surface area contributed by atoms with Crippen LogP contribution in [0.3, 0.4) is 0 Å². The zero-order valence-corrected chi connectivity index (χ0v) is 22.2. The molecule has 0 amide bonds. The van der Waals surface area contributed by atoms with Crippen LogP contribution in [0.4, 0.5) is 13.2 Å². The van der Waals surface area contributed by atoms with Crippen molar-refractivity contribution in [3.63, 3.8) is 0 Å². The summed E-state index contributed by atoms with van der Waals surface area (Å²) in [6.45, 7) is 9.09. The van der Waals surface area contributed by atoms with Gasteiger partial charge in [0.05, 0.1) is 12.7 Å². The molecular formula is C30H33F3O5. The van der Waals surface area contributed by atoms with Crippen LogP contribution in [0, 0.1) is 20.8 Å². The lowest BCUT2D eigenvalue weighted by atomic mass is 9.97. The summed E-state index contributed by atoms with van der Waals surface area (Å²) in [5, 5.41) is 9.41. The fourth-order valence-electron chi connectivity index (χ4n) is 4.05. The van der Waals surface area contributed by atoms with E-state index in [1.165, 1.54) is 26.0 Å². The van der Waals surface area contributed by atoms with E-state index in [4.69, 9.17) is 9.47 Å². The van der Waals surface area contributed by atoms with E-state index in [0.717, 1.165) is 33.4 Å². The topological polar surface area (TPSA) is 65.0 Å². The molecule has 8 heteroatoms. The first kappa shape index (κ1) is 29.0. The largest absolute Gasteiger partial charge is 0.573 e. The van der Waals surface area contributed by atoms with Gasteiger partial charge in [-0.05, 0) is 87.4 Å². The Hall–Kier alpha value is -3.52. The highest BCUT2D eigenvalue weighted by Crippen LogP contribution is 2.32. The summed E-state index contributed by atoms with van der Waals surface area (Å²) >= 11 is 0. The average molecular weight is 531 g/mol. The predicted octanol–water partition coefficient (Wildman–Crippen LogP) is 7.64. The van der Waals surface area contributed by atoms with E-state index in [1.54, 1.807) is 12.1 Å². The molecule has 0 aliphatic rings. The normalized spacial score (nSPS) is 12.7. The van der Waals surface area contributed by atoms with Crippen molar-refractivity contribution in [2.24, 2.45) is 0 Å². The lowest BCUT2D eigenvalue weighted by Gasteiger charge is -2.25. The molecule has 3 rings (SSSR count). The summed E-state index contributed by atoms with van der Waals surface area (Å²) in [6.07, 6.45) is -3.93. The SMILES string of the molecule is Cc1ccc(COC(CCc2cc(C)c(OC(C)(C)C(=O)O)c(C)c2)c2ccc(OC(F)(F)F)cc2)cc1. The van der Waals surface area contributed by atoms with Crippen LogP contribution in [0.25, 0.3) is 0 Å². The van der Waals surface area contributed by atoms with Gasteiger partial charge >= 0.3 is 12.3 Å². The van der Waals surface area contributed by atoms with Gasteiger partial charge in [0.15, 0.2) is 5.60 Å². The number of halogens is 3. The number of aliphatic carboxylic acids is 1. The molecule has 0 spiro atoms. The summed E-state index contributed by atoms with van der Waals surface area (Å²) in [7, 11) is 0. The van der Waals surface area contributed by atoms with E-state index in [1.807, 2.05) is 57.2 Å². The number of ether oxygens (including phenoxy) is 3. The second-order valence-electron chi connectivity index (χ2n) is 9.92. The third-order valence-electron chi connectivity index (χ3n) is 6.14. The van der Waals surface area contributed by atoms with Crippen molar-refractivity contribution in [3.8, 4) is 11.5 Å². The number of rotatable bonds is 11. The van der Waals surface area contributed by atoms with E-state index in [-0.39, 0.29) is 11.9 Å². The molecule has 0 fully saturated rings. The molecule has 0 aliphatic carbocycles. The molecule has 5 nitrogen and oxygen atoms in total. The summed E-state index contributed by atoms with van der Waals surface area (Å²) < 4.78 is 53.8. The number of carboxylic acid groups (broad SMARTS) is 1. The van der Waals surface area contributed by atoms with Crippen molar-refractivity contribution in [1.29, 1.82) is 0 Å². The Bertz CT molecular complexity index is 1210. The Morgan fingerprint density at radius 2 is 1.45 bits per heavy atom. The Morgan fingerprint density at radius 3 is 1.97 bits per heavy atom. The third kappa shape index (κ3) is 8.25. The zero-order chi connectivity index (χ0) is 28.1. The van der Waals surface area contributed by atoms with Crippen LogP contribution >= 0.6 is 0 Å². The smallest absolute Gasteiger partial charge is 0.478 e. The van der Waals surface area contributed by atoms with Gasteiger partial charge in [0.25, 0.3) is 0 Å². The quantitative estimate of drug-likeness (QED) is 0.276. The van der Waals surface area contributed by atoms with Crippen LogP contribution in [0.1, 0.15) is 59.8 Å². The molecule has 38 heavy (non-hydrogen) atoms. The van der Waals surface area contributed by atoms with Gasteiger partial charge in [-0.25, -0.2) is 4.79 Å². The van der Waals surface area contributed by atoms with Gasteiger partial charge in [0.2, 0.25) is 0 Å². The number of benzene rings is 3. The maximum absolute atomic E-state index is 12.6. The lowest BCUT2D eigenvalue weighted by molar-refractivity contribution is -0.274. The van der Waals surface area contributed by atoms with Crippen LogP contribution in [0.5, 0.6) is 11.5 Å². The standard InChI is InChI=1S/C30H33F3O5/c1-19-6-8-22(9-7-19)18-36-26(24-11-13-25(14-12-24)37-30(31,32)33)15-10-23-16-20(2)27(21(3)17-23)38-29(4,5)28(34)35/h6-9,11-14,16-17,26H,10,15,18H2,1-5H3,(H,34,35). The summed E-state index contributed by atoms with van der Waals surface area (Å²) in [6, 6.07) is 17.6. The molecule has 0 saturated heterocycles. The molecule has 0 radical (unpaired) electrons. The van der Waals surface area contributed by atoms with Crippen molar-refractivity contribution >= 4 is 5.97 Å². The van der Waals surface area contributed by atoms with Crippen LogP contribution in [-0.2, 0) is 22.6 Å². The van der Waals surface area contributed by atoms with E-state index in [9.17, 15) is 23.1 Å². The van der Waals surface area contributed by atoms with Gasteiger partial charge in [0.1, 0.15) is 11.5 Å². The van der Waals surface area contributed by atoms with Crippen molar-refractivity contribution in [3.05, 3.63) is 94.0 Å².